The van der Waals surface area contributed by atoms with Crippen LogP contribution in [0.5, 0.6) is 5.75 Å². The first-order chi connectivity index (χ1) is 7.11. The van der Waals surface area contributed by atoms with Gasteiger partial charge < -0.3 is 10.4 Å². The van der Waals surface area contributed by atoms with Crippen molar-refractivity contribution < 1.29 is 5.11 Å². The molecule has 0 atom stereocenters. The number of aryl methyl sites for hydroxylation is 2. The molecule has 0 saturated heterocycles. The van der Waals surface area contributed by atoms with Crippen molar-refractivity contribution in [3.63, 3.8) is 0 Å². The summed E-state index contributed by atoms with van der Waals surface area (Å²) in [4.78, 5) is 0. The fraction of sp³-hybridized carbons (Fsp3) is 0.231. The first-order valence-corrected chi connectivity index (χ1v) is 5.03. The second-order valence-corrected chi connectivity index (χ2v) is 3.94. The number of nitrogens with one attached hydrogen (secondary N) is 1. The van der Waals surface area contributed by atoms with E-state index < -0.39 is 0 Å². The number of benzene rings is 2. The summed E-state index contributed by atoms with van der Waals surface area (Å²) in [6.07, 6.45) is 0. The van der Waals surface area contributed by atoms with Gasteiger partial charge in [-0.05, 0) is 42.5 Å². The van der Waals surface area contributed by atoms with Crippen molar-refractivity contribution in [2.75, 3.05) is 12.4 Å². The Morgan fingerprint density at radius 3 is 2.20 bits per heavy atom. The van der Waals surface area contributed by atoms with Crippen molar-refractivity contribution in [1.82, 2.24) is 0 Å². The molecule has 0 aliphatic rings. The Labute approximate surface area is 89.6 Å². The van der Waals surface area contributed by atoms with Crippen LogP contribution in [0.25, 0.3) is 10.8 Å². The van der Waals surface area contributed by atoms with Crippen molar-refractivity contribution >= 4 is 16.5 Å². The van der Waals surface area contributed by atoms with Crippen LogP contribution in [0.1, 0.15) is 11.1 Å². The Bertz CT molecular complexity index is 512. The number of hydrogen-bond acceptors (Lipinski definition) is 2. The number of aromatic hydroxyl groups is 1. The van der Waals surface area contributed by atoms with Gasteiger partial charge in [0.2, 0.25) is 0 Å². The lowest BCUT2D eigenvalue weighted by molar-refractivity contribution is 0.481. The Morgan fingerprint density at radius 1 is 1.00 bits per heavy atom. The summed E-state index contributed by atoms with van der Waals surface area (Å²) in [5, 5.41) is 15.0. The first-order valence-electron chi connectivity index (χ1n) is 5.03. The van der Waals surface area contributed by atoms with Gasteiger partial charge in [0.1, 0.15) is 5.75 Å². The molecule has 0 spiro atoms. The van der Waals surface area contributed by atoms with E-state index in [9.17, 15) is 5.11 Å². The number of hydrogen-bond donors (Lipinski definition) is 2. The molecule has 0 heterocycles. The number of fused-ring (bicyclic) bond motifs is 1. The third-order valence-electron chi connectivity index (χ3n) is 2.59. The van der Waals surface area contributed by atoms with Gasteiger partial charge in [-0.1, -0.05) is 12.1 Å². The molecule has 0 saturated carbocycles. The summed E-state index contributed by atoms with van der Waals surface area (Å²) in [6, 6.07) is 8.00. The van der Waals surface area contributed by atoms with Crippen LogP contribution in [0.3, 0.4) is 0 Å². The third-order valence-corrected chi connectivity index (χ3v) is 2.59. The molecule has 0 aliphatic carbocycles. The van der Waals surface area contributed by atoms with Crippen LogP contribution in [-0.4, -0.2) is 12.2 Å². The molecular formula is C13H15NO. The van der Waals surface area contributed by atoms with Crippen molar-refractivity contribution in [2.24, 2.45) is 0 Å². The molecule has 15 heavy (non-hydrogen) atoms. The van der Waals surface area contributed by atoms with Gasteiger partial charge in [0, 0.05) is 18.1 Å². The fourth-order valence-corrected chi connectivity index (χ4v) is 1.99. The molecule has 0 bridgehead atoms. The largest absolute Gasteiger partial charge is 0.507 e. The van der Waals surface area contributed by atoms with Crippen LogP contribution < -0.4 is 5.32 Å². The second kappa shape index (κ2) is 3.46. The van der Waals surface area contributed by atoms with Gasteiger partial charge in [0.05, 0.1) is 0 Å². The molecule has 0 fully saturated rings. The number of phenols is 1. The summed E-state index contributed by atoms with van der Waals surface area (Å²) in [5.74, 6) is 0.342. The molecule has 2 N–H and O–H groups in total. The van der Waals surface area contributed by atoms with Crippen molar-refractivity contribution in [2.45, 2.75) is 13.8 Å². The van der Waals surface area contributed by atoms with E-state index in [0.29, 0.717) is 5.75 Å². The maximum Gasteiger partial charge on any atom is 0.125 e. The lowest BCUT2D eigenvalue weighted by Gasteiger charge is -2.10. The number of anilines is 1. The molecule has 0 aliphatic heterocycles. The molecule has 2 aromatic carbocycles. The van der Waals surface area contributed by atoms with Crippen LogP contribution >= 0.6 is 0 Å². The predicted octanol–water partition coefficient (Wildman–Crippen LogP) is 3.20. The van der Waals surface area contributed by atoms with Gasteiger partial charge in [-0.15, -0.1) is 0 Å². The Hall–Kier alpha value is -1.70. The molecule has 0 aromatic heterocycles. The Kier molecular flexibility index (Phi) is 2.27. The fourth-order valence-electron chi connectivity index (χ4n) is 1.99. The Morgan fingerprint density at radius 2 is 1.60 bits per heavy atom. The van der Waals surface area contributed by atoms with E-state index in [4.69, 9.17) is 0 Å². The average Bonchev–Trinajstić information content (AvgIpc) is 2.14. The lowest BCUT2D eigenvalue weighted by atomic mass is 10.0. The van der Waals surface area contributed by atoms with Crippen LogP contribution in [0.4, 0.5) is 5.69 Å². The third kappa shape index (κ3) is 1.63. The number of phenolic OH excluding ortho intramolecular Hbond substituents is 1. The Balaban J connectivity index is 2.90. The average molecular weight is 201 g/mol. The van der Waals surface area contributed by atoms with Gasteiger partial charge in [0.25, 0.3) is 0 Å². The first kappa shape index (κ1) is 9.84. The smallest absolute Gasteiger partial charge is 0.125 e. The topological polar surface area (TPSA) is 32.3 Å². The lowest BCUT2D eigenvalue weighted by Crippen LogP contribution is -1.91. The minimum absolute atomic E-state index is 0.342. The molecule has 0 radical (unpaired) electrons. The maximum atomic E-state index is 9.91. The molecule has 78 valence electrons. The van der Waals surface area contributed by atoms with Crippen molar-refractivity contribution in [1.29, 1.82) is 0 Å². The standard InChI is InChI=1S/C13H15NO/c1-8-4-10-5-9(2)7-12(15)13(10)11(6-8)14-3/h4-7,14-15H,1-3H3. The van der Waals surface area contributed by atoms with Crippen LogP contribution in [0.15, 0.2) is 24.3 Å². The highest BCUT2D eigenvalue weighted by Gasteiger charge is 2.06. The van der Waals surface area contributed by atoms with Gasteiger partial charge in [-0.3, -0.25) is 0 Å². The van der Waals surface area contributed by atoms with Gasteiger partial charge in [0.15, 0.2) is 0 Å². The van der Waals surface area contributed by atoms with Crippen molar-refractivity contribution in [3.05, 3.63) is 35.4 Å². The van der Waals surface area contributed by atoms with Gasteiger partial charge in [-0.25, -0.2) is 0 Å². The molecule has 2 rings (SSSR count). The van der Waals surface area contributed by atoms with E-state index >= 15 is 0 Å². The van der Waals surface area contributed by atoms with E-state index in [-0.39, 0.29) is 0 Å². The van der Waals surface area contributed by atoms with E-state index in [2.05, 4.69) is 24.4 Å². The predicted molar refractivity (Wildman–Crippen MR) is 64.6 cm³/mol. The maximum absolute atomic E-state index is 9.91. The molecule has 2 heteroatoms. The zero-order valence-corrected chi connectivity index (χ0v) is 9.26. The summed E-state index contributed by atoms with van der Waals surface area (Å²) in [5.41, 5.74) is 3.24. The molecule has 0 unspecified atom stereocenters. The monoisotopic (exact) mass is 201 g/mol. The SMILES string of the molecule is CNc1cc(C)cc2cc(C)cc(O)c12. The summed E-state index contributed by atoms with van der Waals surface area (Å²) in [7, 11) is 1.87. The molecule has 2 nitrogen and oxygen atoms in total. The van der Waals surface area contributed by atoms with Crippen LogP contribution in [0.2, 0.25) is 0 Å². The number of rotatable bonds is 1. The minimum Gasteiger partial charge on any atom is -0.507 e. The van der Waals surface area contributed by atoms with Crippen molar-refractivity contribution in [3.8, 4) is 5.75 Å². The highest BCUT2D eigenvalue weighted by atomic mass is 16.3. The zero-order valence-electron chi connectivity index (χ0n) is 9.26. The van der Waals surface area contributed by atoms with Gasteiger partial charge in [-0.2, -0.15) is 0 Å². The zero-order chi connectivity index (χ0) is 11.0. The summed E-state index contributed by atoms with van der Waals surface area (Å²) >= 11 is 0. The highest BCUT2D eigenvalue weighted by molar-refractivity contribution is 5.99. The molecule has 2 aromatic rings. The molecule has 0 amide bonds. The summed E-state index contributed by atoms with van der Waals surface area (Å²) in [6.45, 7) is 4.04. The summed E-state index contributed by atoms with van der Waals surface area (Å²) < 4.78 is 0. The normalized spacial score (nSPS) is 10.6. The van der Waals surface area contributed by atoms with Gasteiger partial charge >= 0.3 is 0 Å². The second-order valence-electron chi connectivity index (χ2n) is 3.94. The molecular weight excluding hydrogens is 186 g/mol. The van der Waals surface area contributed by atoms with Crippen LogP contribution in [-0.2, 0) is 0 Å². The van der Waals surface area contributed by atoms with Crippen LogP contribution in [0, 0.1) is 13.8 Å². The van der Waals surface area contributed by atoms with E-state index in [1.165, 1.54) is 5.56 Å². The van der Waals surface area contributed by atoms with E-state index in [0.717, 1.165) is 22.0 Å². The van der Waals surface area contributed by atoms with E-state index in [1.54, 1.807) is 6.07 Å². The highest BCUT2D eigenvalue weighted by Crippen LogP contribution is 2.33. The van der Waals surface area contributed by atoms with E-state index in [1.807, 2.05) is 20.0 Å². The quantitative estimate of drug-likeness (QED) is 0.742. The minimum atomic E-state index is 0.342.